The summed E-state index contributed by atoms with van der Waals surface area (Å²) in [7, 11) is 0. The third kappa shape index (κ3) is 3.36. The van der Waals surface area contributed by atoms with Gasteiger partial charge in [-0.3, -0.25) is 4.79 Å². The van der Waals surface area contributed by atoms with Gasteiger partial charge in [0.2, 0.25) is 5.91 Å². The summed E-state index contributed by atoms with van der Waals surface area (Å²) in [4.78, 5) is 27.1. The van der Waals surface area contributed by atoms with E-state index in [0.29, 0.717) is 5.69 Å². The van der Waals surface area contributed by atoms with Gasteiger partial charge in [0.25, 0.3) is 0 Å². The molecule has 2 amide bonds. The Hall–Kier alpha value is -2.62. The second-order valence-electron chi connectivity index (χ2n) is 8.07. The van der Waals surface area contributed by atoms with Gasteiger partial charge in [-0.2, -0.15) is 0 Å². The number of rotatable bonds is 1. The molecule has 0 saturated carbocycles. The maximum atomic E-state index is 13.2. The third-order valence-electron chi connectivity index (χ3n) is 4.36. The first-order valence-corrected chi connectivity index (χ1v) is 8.82. The fourth-order valence-electron chi connectivity index (χ4n) is 3.48. The van der Waals surface area contributed by atoms with Crippen molar-refractivity contribution in [2.24, 2.45) is 0 Å². The molecule has 1 atom stereocenters. The lowest BCUT2D eigenvalue weighted by Gasteiger charge is -2.24. The lowest BCUT2D eigenvalue weighted by atomic mass is 9.90. The Labute approximate surface area is 154 Å². The summed E-state index contributed by atoms with van der Waals surface area (Å²) in [6.45, 7) is 11.4. The van der Waals surface area contributed by atoms with Gasteiger partial charge in [0.05, 0.1) is 11.6 Å². The second kappa shape index (κ2) is 6.27. The Morgan fingerprint density at radius 3 is 2.15 bits per heavy atom. The van der Waals surface area contributed by atoms with E-state index in [1.165, 1.54) is 4.90 Å². The zero-order valence-corrected chi connectivity index (χ0v) is 16.2. The average Bonchev–Trinajstić information content (AvgIpc) is 2.75. The zero-order valence-electron chi connectivity index (χ0n) is 16.2. The number of benzene rings is 2. The smallest absolute Gasteiger partial charge is 0.421 e. The number of hydrogen-bond acceptors (Lipinski definition) is 3. The molecule has 2 aromatic carbocycles. The second-order valence-corrected chi connectivity index (χ2v) is 8.07. The molecule has 3 rings (SSSR count). The van der Waals surface area contributed by atoms with Crippen LogP contribution in [0.15, 0.2) is 36.4 Å². The van der Waals surface area contributed by atoms with Crippen molar-refractivity contribution in [1.82, 2.24) is 0 Å². The van der Waals surface area contributed by atoms with Crippen LogP contribution in [0.5, 0.6) is 0 Å². The summed E-state index contributed by atoms with van der Waals surface area (Å²) < 4.78 is 5.48. The molecule has 1 unspecified atom stereocenters. The Bertz CT molecular complexity index is 872. The van der Waals surface area contributed by atoms with Crippen LogP contribution in [-0.2, 0) is 9.53 Å². The van der Waals surface area contributed by atoms with Gasteiger partial charge in [-0.1, -0.05) is 47.0 Å². The fourth-order valence-corrected chi connectivity index (χ4v) is 3.48. The topological polar surface area (TPSA) is 46.6 Å². The van der Waals surface area contributed by atoms with Crippen LogP contribution >= 0.6 is 0 Å². The summed E-state index contributed by atoms with van der Waals surface area (Å²) in [5, 5.41) is 0. The normalized spacial score (nSPS) is 16.6. The number of aryl methyl sites for hydroxylation is 3. The van der Waals surface area contributed by atoms with Crippen LogP contribution in [-0.4, -0.2) is 17.6 Å². The number of carbonyl (C=O) groups is 2. The van der Waals surface area contributed by atoms with Crippen LogP contribution in [0.1, 0.15) is 54.5 Å². The van der Waals surface area contributed by atoms with E-state index in [4.69, 9.17) is 4.74 Å². The summed E-state index contributed by atoms with van der Waals surface area (Å²) in [5.74, 6) is -0.749. The highest BCUT2D eigenvalue weighted by atomic mass is 16.6. The van der Waals surface area contributed by atoms with Crippen molar-refractivity contribution in [3.8, 4) is 0 Å². The average molecular weight is 351 g/mol. The molecule has 0 aliphatic carbocycles. The van der Waals surface area contributed by atoms with Crippen molar-refractivity contribution in [3.63, 3.8) is 0 Å². The number of fused-ring (bicyclic) bond motifs is 1. The molecule has 0 saturated heterocycles. The molecule has 1 heterocycles. The highest BCUT2D eigenvalue weighted by Gasteiger charge is 2.43. The minimum Gasteiger partial charge on any atom is -0.443 e. The van der Waals surface area contributed by atoms with Crippen molar-refractivity contribution in [3.05, 3.63) is 64.2 Å². The lowest BCUT2D eigenvalue weighted by Crippen LogP contribution is -2.39. The number of carbonyl (C=O) groups excluding carboxylic acids is 2. The predicted octanol–water partition coefficient (Wildman–Crippen LogP) is 5.03. The van der Waals surface area contributed by atoms with Crippen molar-refractivity contribution in [2.45, 2.75) is 53.1 Å². The van der Waals surface area contributed by atoms with E-state index < -0.39 is 17.6 Å². The van der Waals surface area contributed by atoms with Gasteiger partial charge in [-0.25, -0.2) is 9.69 Å². The molecule has 0 fully saturated rings. The van der Waals surface area contributed by atoms with Gasteiger partial charge >= 0.3 is 6.09 Å². The van der Waals surface area contributed by atoms with E-state index in [0.717, 1.165) is 27.8 Å². The van der Waals surface area contributed by atoms with Crippen LogP contribution < -0.4 is 4.90 Å². The molecule has 0 aromatic heterocycles. The molecular formula is C22H25NO3. The van der Waals surface area contributed by atoms with E-state index >= 15 is 0 Å². The Morgan fingerprint density at radius 2 is 1.58 bits per heavy atom. The molecule has 26 heavy (non-hydrogen) atoms. The summed E-state index contributed by atoms with van der Waals surface area (Å²) in [5.41, 5.74) is 4.95. The van der Waals surface area contributed by atoms with Crippen molar-refractivity contribution < 1.29 is 14.3 Å². The number of amides is 2. The fraction of sp³-hybridized carbons (Fsp3) is 0.364. The number of hydrogen-bond donors (Lipinski definition) is 0. The quantitative estimate of drug-likeness (QED) is 0.724. The molecule has 2 aromatic rings. The van der Waals surface area contributed by atoms with Gasteiger partial charge in [0.15, 0.2) is 0 Å². The predicted molar refractivity (Wildman–Crippen MR) is 103 cm³/mol. The first-order chi connectivity index (χ1) is 12.1. The molecule has 0 radical (unpaired) electrons. The van der Waals surface area contributed by atoms with Crippen LogP contribution in [0.3, 0.4) is 0 Å². The molecule has 4 nitrogen and oxygen atoms in total. The summed E-state index contributed by atoms with van der Waals surface area (Å²) in [6.07, 6.45) is -0.625. The molecule has 0 N–H and O–H groups in total. The van der Waals surface area contributed by atoms with Crippen LogP contribution in [0.2, 0.25) is 0 Å². The first kappa shape index (κ1) is 18.2. The Balaban J connectivity index is 2.12. The number of nitrogens with zero attached hydrogens (tertiary/aromatic N) is 1. The highest BCUT2D eigenvalue weighted by Crippen LogP contribution is 2.42. The maximum absolute atomic E-state index is 13.2. The van der Waals surface area contributed by atoms with Crippen molar-refractivity contribution in [2.75, 3.05) is 4.90 Å². The minimum atomic E-state index is -0.666. The largest absolute Gasteiger partial charge is 0.443 e. The minimum absolute atomic E-state index is 0.259. The Kier molecular flexibility index (Phi) is 4.39. The van der Waals surface area contributed by atoms with Gasteiger partial charge < -0.3 is 4.74 Å². The monoisotopic (exact) mass is 351 g/mol. The van der Waals surface area contributed by atoms with E-state index in [1.807, 2.05) is 51.1 Å². The number of ether oxygens (including phenoxy) is 1. The SMILES string of the molecule is Cc1cc(C)cc(C2C(=O)N(C(=O)OC(C)(C)C)c3ccc(C)cc32)c1. The number of imide groups is 1. The van der Waals surface area contributed by atoms with E-state index in [9.17, 15) is 9.59 Å². The standard InChI is InChI=1S/C22H25NO3/c1-13-7-8-18-17(12-13)19(16-10-14(2)9-15(3)11-16)20(24)23(18)21(25)26-22(4,5)6/h7-12,19H,1-6H3. The molecule has 0 spiro atoms. The zero-order chi connectivity index (χ0) is 19.2. The highest BCUT2D eigenvalue weighted by molar-refractivity contribution is 6.20. The maximum Gasteiger partial charge on any atom is 0.421 e. The van der Waals surface area contributed by atoms with Gasteiger partial charge in [0.1, 0.15) is 5.60 Å². The molecule has 1 aliphatic heterocycles. The first-order valence-electron chi connectivity index (χ1n) is 8.82. The third-order valence-corrected chi connectivity index (χ3v) is 4.36. The van der Waals surface area contributed by atoms with Gasteiger partial charge in [-0.05, 0) is 58.7 Å². The molecule has 1 aliphatic rings. The van der Waals surface area contributed by atoms with E-state index in [2.05, 4.69) is 6.07 Å². The summed E-state index contributed by atoms with van der Waals surface area (Å²) >= 11 is 0. The van der Waals surface area contributed by atoms with Crippen LogP contribution in [0.4, 0.5) is 10.5 Å². The van der Waals surface area contributed by atoms with E-state index in [1.54, 1.807) is 20.8 Å². The molecule has 0 bridgehead atoms. The lowest BCUT2D eigenvalue weighted by molar-refractivity contribution is -0.118. The molecule has 4 heteroatoms. The summed E-state index contributed by atoms with van der Waals surface area (Å²) in [6, 6.07) is 11.8. The van der Waals surface area contributed by atoms with Crippen LogP contribution in [0, 0.1) is 20.8 Å². The van der Waals surface area contributed by atoms with Crippen LogP contribution in [0.25, 0.3) is 0 Å². The van der Waals surface area contributed by atoms with Gasteiger partial charge in [-0.15, -0.1) is 0 Å². The van der Waals surface area contributed by atoms with E-state index in [-0.39, 0.29) is 5.91 Å². The number of anilines is 1. The van der Waals surface area contributed by atoms with Gasteiger partial charge in [0, 0.05) is 0 Å². The Morgan fingerprint density at radius 1 is 0.962 bits per heavy atom. The molecular weight excluding hydrogens is 326 g/mol. The molecule has 136 valence electrons. The van der Waals surface area contributed by atoms with Crippen molar-refractivity contribution >= 4 is 17.7 Å². The van der Waals surface area contributed by atoms with Crippen molar-refractivity contribution in [1.29, 1.82) is 0 Å².